The summed E-state index contributed by atoms with van der Waals surface area (Å²) in [6.07, 6.45) is 4.44. The molecule has 1 saturated heterocycles. The SMILES string of the molecule is CCC1SCCSC1C(O)c1cnn(C)c1. The van der Waals surface area contributed by atoms with Crippen molar-refractivity contribution in [2.75, 3.05) is 11.5 Å². The van der Waals surface area contributed by atoms with Gasteiger partial charge in [-0.2, -0.15) is 28.6 Å². The molecule has 0 amide bonds. The molecule has 0 saturated carbocycles. The Hall–Kier alpha value is -0.130. The highest BCUT2D eigenvalue weighted by Gasteiger charge is 2.32. The molecule has 0 aliphatic carbocycles. The van der Waals surface area contributed by atoms with Gasteiger partial charge in [0, 0.05) is 40.8 Å². The van der Waals surface area contributed by atoms with Gasteiger partial charge in [-0.15, -0.1) is 0 Å². The van der Waals surface area contributed by atoms with E-state index in [0.29, 0.717) is 10.5 Å². The number of nitrogens with zero attached hydrogens (tertiary/aromatic N) is 2. The van der Waals surface area contributed by atoms with E-state index in [4.69, 9.17) is 0 Å². The molecule has 0 aromatic carbocycles. The summed E-state index contributed by atoms with van der Waals surface area (Å²) in [5.41, 5.74) is 0.945. The van der Waals surface area contributed by atoms with Crippen LogP contribution in [0.3, 0.4) is 0 Å². The van der Waals surface area contributed by atoms with Crippen LogP contribution in [0.2, 0.25) is 0 Å². The van der Waals surface area contributed by atoms with Crippen molar-refractivity contribution < 1.29 is 5.11 Å². The Kier molecular flexibility index (Phi) is 4.21. The molecule has 3 nitrogen and oxygen atoms in total. The van der Waals surface area contributed by atoms with Crippen LogP contribution in [0, 0.1) is 0 Å². The van der Waals surface area contributed by atoms with Crippen molar-refractivity contribution in [2.24, 2.45) is 7.05 Å². The van der Waals surface area contributed by atoms with E-state index in [1.165, 1.54) is 5.75 Å². The normalized spacial score (nSPS) is 27.9. The van der Waals surface area contributed by atoms with E-state index in [0.717, 1.165) is 17.7 Å². The fourth-order valence-corrected chi connectivity index (χ4v) is 5.15. The van der Waals surface area contributed by atoms with Crippen LogP contribution in [0.5, 0.6) is 0 Å². The highest BCUT2D eigenvalue weighted by Crippen LogP contribution is 2.39. The van der Waals surface area contributed by atoms with Crippen LogP contribution in [0.4, 0.5) is 0 Å². The Bertz CT molecular complexity index is 342. The molecule has 1 aliphatic heterocycles. The van der Waals surface area contributed by atoms with Crippen molar-refractivity contribution >= 4 is 23.5 Å². The van der Waals surface area contributed by atoms with Gasteiger partial charge in [-0.1, -0.05) is 6.92 Å². The standard InChI is InChI=1S/C11H18N2OS2/c1-3-9-11(16-5-4-15-9)10(14)8-6-12-13(2)7-8/h6-7,9-11,14H,3-5H2,1-2H3. The first-order valence-electron chi connectivity index (χ1n) is 5.62. The van der Waals surface area contributed by atoms with E-state index in [1.54, 1.807) is 10.9 Å². The number of aryl methyl sites for hydroxylation is 1. The molecule has 1 aromatic rings. The summed E-state index contributed by atoms with van der Waals surface area (Å²) in [4.78, 5) is 0. The van der Waals surface area contributed by atoms with Crippen LogP contribution in [-0.2, 0) is 7.05 Å². The van der Waals surface area contributed by atoms with Gasteiger partial charge in [-0.25, -0.2) is 0 Å². The molecule has 0 spiro atoms. The molecule has 90 valence electrons. The van der Waals surface area contributed by atoms with Crippen LogP contribution in [0.1, 0.15) is 25.0 Å². The molecule has 0 radical (unpaired) electrons. The van der Waals surface area contributed by atoms with Gasteiger partial charge in [0.15, 0.2) is 0 Å². The highest BCUT2D eigenvalue weighted by atomic mass is 32.2. The lowest BCUT2D eigenvalue weighted by Gasteiger charge is -2.32. The molecule has 2 heterocycles. The lowest BCUT2D eigenvalue weighted by molar-refractivity contribution is 0.172. The smallest absolute Gasteiger partial charge is 0.0949 e. The number of thioether (sulfide) groups is 2. The fourth-order valence-electron chi connectivity index (χ4n) is 2.01. The minimum atomic E-state index is -0.378. The first-order valence-corrected chi connectivity index (χ1v) is 7.72. The molecule has 1 aliphatic rings. The summed E-state index contributed by atoms with van der Waals surface area (Å²) < 4.78 is 1.75. The number of hydrogen-bond acceptors (Lipinski definition) is 4. The van der Waals surface area contributed by atoms with Crippen LogP contribution < -0.4 is 0 Å². The summed E-state index contributed by atoms with van der Waals surface area (Å²) in [5, 5.41) is 15.4. The maximum absolute atomic E-state index is 10.4. The van der Waals surface area contributed by atoms with Gasteiger partial charge in [0.1, 0.15) is 0 Å². The van der Waals surface area contributed by atoms with Crippen molar-refractivity contribution in [1.82, 2.24) is 9.78 Å². The zero-order chi connectivity index (χ0) is 11.5. The van der Waals surface area contributed by atoms with Gasteiger partial charge in [0.2, 0.25) is 0 Å². The van der Waals surface area contributed by atoms with E-state index in [2.05, 4.69) is 12.0 Å². The lowest BCUT2D eigenvalue weighted by atomic mass is 10.1. The average molecular weight is 258 g/mol. The maximum atomic E-state index is 10.4. The Morgan fingerprint density at radius 3 is 2.94 bits per heavy atom. The number of rotatable bonds is 3. The molecular formula is C11H18N2OS2. The molecule has 1 aromatic heterocycles. The highest BCUT2D eigenvalue weighted by molar-refractivity contribution is 8.07. The Labute approximate surface area is 105 Å². The van der Waals surface area contributed by atoms with Crippen molar-refractivity contribution in [3.05, 3.63) is 18.0 Å². The third-order valence-electron chi connectivity index (χ3n) is 2.87. The maximum Gasteiger partial charge on any atom is 0.0949 e. The van der Waals surface area contributed by atoms with Crippen LogP contribution in [-0.4, -0.2) is 36.9 Å². The van der Waals surface area contributed by atoms with Crippen molar-refractivity contribution in [1.29, 1.82) is 0 Å². The summed E-state index contributed by atoms with van der Waals surface area (Å²) >= 11 is 3.89. The van der Waals surface area contributed by atoms with Crippen molar-refractivity contribution in [3.63, 3.8) is 0 Å². The molecule has 16 heavy (non-hydrogen) atoms. The first kappa shape index (κ1) is 12.3. The lowest BCUT2D eigenvalue weighted by Crippen LogP contribution is -2.30. The summed E-state index contributed by atoms with van der Waals surface area (Å²) in [5.74, 6) is 2.35. The molecular weight excluding hydrogens is 240 g/mol. The van der Waals surface area contributed by atoms with Crippen molar-refractivity contribution in [3.8, 4) is 0 Å². The number of aromatic nitrogens is 2. The summed E-state index contributed by atoms with van der Waals surface area (Å²) in [6.45, 7) is 2.20. The van der Waals surface area contributed by atoms with E-state index >= 15 is 0 Å². The molecule has 3 atom stereocenters. The third-order valence-corrected chi connectivity index (χ3v) is 6.21. The zero-order valence-corrected chi connectivity index (χ0v) is 11.3. The molecule has 1 fully saturated rings. The van der Waals surface area contributed by atoms with Gasteiger partial charge in [-0.05, 0) is 6.42 Å². The van der Waals surface area contributed by atoms with Crippen LogP contribution >= 0.6 is 23.5 Å². The summed E-state index contributed by atoms with van der Waals surface area (Å²) in [7, 11) is 1.89. The minimum absolute atomic E-state index is 0.313. The van der Waals surface area contributed by atoms with Gasteiger partial charge in [0.05, 0.1) is 12.3 Å². The largest absolute Gasteiger partial charge is 0.387 e. The second-order valence-electron chi connectivity index (χ2n) is 4.05. The fraction of sp³-hybridized carbons (Fsp3) is 0.727. The predicted molar refractivity (Wildman–Crippen MR) is 71.0 cm³/mol. The Morgan fingerprint density at radius 1 is 1.56 bits per heavy atom. The number of aliphatic hydroxyl groups excluding tert-OH is 1. The quantitative estimate of drug-likeness (QED) is 0.901. The van der Waals surface area contributed by atoms with Gasteiger partial charge in [-0.3, -0.25) is 4.68 Å². The second kappa shape index (κ2) is 5.47. The monoisotopic (exact) mass is 258 g/mol. The topological polar surface area (TPSA) is 38.1 Å². The van der Waals surface area contributed by atoms with E-state index in [9.17, 15) is 5.11 Å². The van der Waals surface area contributed by atoms with Gasteiger partial charge < -0.3 is 5.11 Å². The summed E-state index contributed by atoms with van der Waals surface area (Å²) in [6, 6.07) is 0. The van der Waals surface area contributed by atoms with E-state index in [1.807, 2.05) is 36.8 Å². The zero-order valence-electron chi connectivity index (χ0n) is 9.67. The van der Waals surface area contributed by atoms with Gasteiger partial charge in [0.25, 0.3) is 0 Å². The number of aliphatic hydroxyl groups is 1. The second-order valence-corrected chi connectivity index (χ2v) is 6.68. The first-order chi connectivity index (χ1) is 7.72. The molecule has 1 N–H and O–H groups in total. The minimum Gasteiger partial charge on any atom is -0.387 e. The van der Waals surface area contributed by atoms with Crippen molar-refractivity contribution in [2.45, 2.75) is 29.9 Å². The third kappa shape index (κ3) is 2.57. The Balaban J connectivity index is 2.10. The molecule has 5 heteroatoms. The predicted octanol–water partition coefficient (Wildman–Crippen LogP) is 2.08. The van der Waals surface area contributed by atoms with Gasteiger partial charge >= 0.3 is 0 Å². The average Bonchev–Trinajstić information content (AvgIpc) is 2.75. The molecule has 0 bridgehead atoms. The van der Waals surface area contributed by atoms with E-state index < -0.39 is 0 Å². The molecule has 2 rings (SSSR count). The Morgan fingerprint density at radius 2 is 2.31 bits per heavy atom. The van der Waals surface area contributed by atoms with E-state index in [-0.39, 0.29) is 6.10 Å². The van der Waals surface area contributed by atoms with Crippen LogP contribution in [0.15, 0.2) is 12.4 Å². The van der Waals surface area contributed by atoms with Crippen LogP contribution in [0.25, 0.3) is 0 Å². The molecule has 3 unspecified atom stereocenters. The number of hydrogen-bond donors (Lipinski definition) is 1.